The van der Waals surface area contributed by atoms with Crippen LogP contribution in [0.15, 0.2) is 29.3 Å². The van der Waals surface area contributed by atoms with Crippen molar-refractivity contribution in [2.24, 2.45) is 0 Å². The van der Waals surface area contributed by atoms with Crippen molar-refractivity contribution in [1.82, 2.24) is 9.55 Å². The standard InChI is InChI=1S/C22H25N3O2S/c1-4-15-9-7-8-13(2)19(15)24-20(26)14(3)25-12-23-21-18(22(25)27)16-10-5-6-11-17(16)28-21/h7-9,12,14H,4-6,10-11H2,1-3H3,(H,24,26). The van der Waals surface area contributed by atoms with Gasteiger partial charge in [-0.25, -0.2) is 4.98 Å². The fourth-order valence-corrected chi connectivity index (χ4v) is 5.21. The van der Waals surface area contributed by atoms with Crippen LogP contribution >= 0.6 is 11.3 Å². The summed E-state index contributed by atoms with van der Waals surface area (Å²) in [7, 11) is 0. The van der Waals surface area contributed by atoms with Crippen molar-refractivity contribution in [3.8, 4) is 0 Å². The quantitative estimate of drug-likeness (QED) is 0.712. The van der Waals surface area contributed by atoms with Crippen LogP contribution < -0.4 is 10.9 Å². The summed E-state index contributed by atoms with van der Waals surface area (Å²) in [5.74, 6) is -0.198. The molecule has 0 bridgehead atoms. The van der Waals surface area contributed by atoms with Crippen LogP contribution in [0.5, 0.6) is 0 Å². The zero-order chi connectivity index (χ0) is 19.8. The summed E-state index contributed by atoms with van der Waals surface area (Å²) in [4.78, 5) is 32.7. The number of carbonyl (C=O) groups excluding carboxylic acids is 1. The van der Waals surface area contributed by atoms with Crippen LogP contribution in [0, 0.1) is 6.92 Å². The van der Waals surface area contributed by atoms with Crippen LogP contribution in [0.25, 0.3) is 10.2 Å². The van der Waals surface area contributed by atoms with E-state index in [1.54, 1.807) is 18.3 Å². The van der Waals surface area contributed by atoms with Crippen LogP contribution in [0.4, 0.5) is 5.69 Å². The average Bonchev–Trinajstić information content (AvgIpc) is 3.08. The molecule has 28 heavy (non-hydrogen) atoms. The first kappa shape index (κ1) is 18.9. The first-order valence-electron chi connectivity index (χ1n) is 9.92. The van der Waals surface area contributed by atoms with E-state index in [9.17, 15) is 9.59 Å². The molecule has 1 amide bonds. The molecular formula is C22H25N3O2S. The van der Waals surface area contributed by atoms with E-state index in [-0.39, 0.29) is 11.5 Å². The third-order valence-electron chi connectivity index (χ3n) is 5.69. The number of rotatable bonds is 4. The fourth-order valence-electron chi connectivity index (χ4n) is 3.99. The number of nitrogens with zero attached hydrogens (tertiary/aromatic N) is 2. The summed E-state index contributed by atoms with van der Waals surface area (Å²) >= 11 is 1.63. The smallest absolute Gasteiger partial charge is 0.263 e. The fraction of sp³-hybridized carbons (Fsp3) is 0.409. The molecule has 3 aromatic rings. The van der Waals surface area contributed by atoms with Gasteiger partial charge in [0.25, 0.3) is 5.56 Å². The number of fused-ring (bicyclic) bond motifs is 3. The van der Waals surface area contributed by atoms with Crippen molar-refractivity contribution in [2.45, 2.75) is 58.9 Å². The van der Waals surface area contributed by atoms with Crippen molar-refractivity contribution in [3.63, 3.8) is 0 Å². The SMILES string of the molecule is CCc1cccc(C)c1NC(=O)C(C)n1cnc2sc3c(c2c1=O)CCCC3. The van der Waals surface area contributed by atoms with E-state index in [0.29, 0.717) is 5.39 Å². The minimum Gasteiger partial charge on any atom is -0.324 e. The van der Waals surface area contributed by atoms with E-state index in [1.807, 2.05) is 25.1 Å². The first-order chi connectivity index (χ1) is 13.5. The van der Waals surface area contributed by atoms with Gasteiger partial charge in [-0.05, 0) is 62.6 Å². The lowest BCUT2D eigenvalue weighted by atomic mass is 9.97. The topological polar surface area (TPSA) is 64.0 Å². The molecule has 146 valence electrons. The van der Waals surface area contributed by atoms with Gasteiger partial charge in [0, 0.05) is 10.6 Å². The third-order valence-corrected chi connectivity index (χ3v) is 6.89. The van der Waals surface area contributed by atoms with Gasteiger partial charge in [0.15, 0.2) is 0 Å². The maximum atomic E-state index is 13.2. The molecule has 4 rings (SSSR count). The molecule has 5 nitrogen and oxygen atoms in total. The predicted molar refractivity (Wildman–Crippen MR) is 114 cm³/mol. The summed E-state index contributed by atoms with van der Waals surface area (Å²) in [5.41, 5.74) is 4.00. The summed E-state index contributed by atoms with van der Waals surface area (Å²) in [6.45, 7) is 5.81. The molecule has 0 fully saturated rings. The first-order valence-corrected chi connectivity index (χ1v) is 10.7. The monoisotopic (exact) mass is 395 g/mol. The second-order valence-electron chi connectivity index (χ2n) is 7.48. The van der Waals surface area contributed by atoms with E-state index in [2.05, 4.69) is 17.2 Å². The normalized spacial score (nSPS) is 14.7. The highest BCUT2D eigenvalue weighted by molar-refractivity contribution is 7.18. The Labute approximate surface area is 168 Å². The van der Waals surface area contributed by atoms with Crippen molar-refractivity contribution in [1.29, 1.82) is 0 Å². The third kappa shape index (κ3) is 3.15. The molecular weight excluding hydrogens is 370 g/mol. The summed E-state index contributed by atoms with van der Waals surface area (Å²) in [6, 6.07) is 5.37. The van der Waals surface area contributed by atoms with Crippen LogP contribution in [0.3, 0.4) is 0 Å². The minimum absolute atomic E-state index is 0.104. The number of carbonyl (C=O) groups is 1. The van der Waals surface area contributed by atoms with Gasteiger partial charge in [-0.3, -0.25) is 14.2 Å². The molecule has 0 radical (unpaired) electrons. The Balaban J connectivity index is 1.69. The van der Waals surface area contributed by atoms with Gasteiger partial charge in [-0.1, -0.05) is 25.1 Å². The summed E-state index contributed by atoms with van der Waals surface area (Å²) < 4.78 is 1.48. The second kappa shape index (κ2) is 7.51. The molecule has 0 saturated heterocycles. The largest absolute Gasteiger partial charge is 0.324 e. The van der Waals surface area contributed by atoms with Crippen LogP contribution in [-0.2, 0) is 24.1 Å². The highest BCUT2D eigenvalue weighted by Gasteiger charge is 2.23. The number of para-hydroxylation sites is 1. The Kier molecular flexibility index (Phi) is 5.06. The van der Waals surface area contributed by atoms with Crippen LogP contribution in [0.2, 0.25) is 0 Å². The maximum Gasteiger partial charge on any atom is 0.263 e. The van der Waals surface area contributed by atoms with Gasteiger partial charge in [0.1, 0.15) is 10.9 Å². The van der Waals surface area contributed by atoms with Crippen molar-refractivity contribution < 1.29 is 4.79 Å². The van der Waals surface area contributed by atoms with Gasteiger partial charge >= 0.3 is 0 Å². The Morgan fingerprint density at radius 2 is 2.11 bits per heavy atom. The average molecular weight is 396 g/mol. The highest BCUT2D eigenvalue weighted by Crippen LogP contribution is 2.33. The Hall–Kier alpha value is -2.47. The molecule has 2 heterocycles. The van der Waals surface area contributed by atoms with Gasteiger partial charge in [-0.2, -0.15) is 0 Å². The van der Waals surface area contributed by atoms with E-state index in [1.165, 1.54) is 22.2 Å². The van der Waals surface area contributed by atoms with E-state index in [4.69, 9.17) is 0 Å². The molecule has 1 atom stereocenters. The number of hydrogen-bond donors (Lipinski definition) is 1. The van der Waals surface area contributed by atoms with Gasteiger partial charge in [0.2, 0.25) is 5.91 Å². The second-order valence-corrected chi connectivity index (χ2v) is 8.56. The Morgan fingerprint density at radius 1 is 1.32 bits per heavy atom. The molecule has 2 aromatic heterocycles. The molecule has 1 unspecified atom stereocenters. The van der Waals surface area contributed by atoms with Crippen LogP contribution in [-0.4, -0.2) is 15.5 Å². The molecule has 1 aliphatic rings. The Bertz CT molecular complexity index is 1110. The molecule has 6 heteroatoms. The number of amides is 1. The zero-order valence-electron chi connectivity index (χ0n) is 16.5. The molecule has 0 spiro atoms. The summed E-state index contributed by atoms with van der Waals surface area (Å²) in [5, 5.41) is 3.75. The highest BCUT2D eigenvalue weighted by atomic mass is 32.1. The number of thiophene rings is 1. The molecule has 1 N–H and O–H groups in total. The number of aryl methyl sites for hydroxylation is 4. The van der Waals surface area contributed by atoms with Gasteiger partial charge in [0.05, 0.1) is 11.7 Å². The van der Waals surface area contributed by atoms with Crippen molar-refractivity contribution in [3.05, 3.63) is 56.4 Å². The molecule has 1 aliphatic carbocycles. The molecule has 0 saturated carbocycles. The van der Waals surface area contributed by atoms with Crippen molar-refractivity contribution >= 4 is 33.1 Å². The number of benzene rings is 1. The van der Waals surface area contributed by atoms with E-state index < -0.39 is 6.04 Å². The number of anilines is 1. The number of nitrogens with one attached hydrogen (secondary N) is 1. The molecule has 0 aliphatic heterocycles. The zero-order valence-corrected chi connectivity index (χ0v) is 17.4. The van der Waals surface area contributed by atoms with Crippen molar-refractivity contribution in [2.75, 3.05) is 5.32 Å². The minimum atomic E-state index is -0.632. The number of aromatic nitrogens is 2. The van der Waals surface area contributed by atoms with Crippen LogP contribution in [0.1, 0.15) is 54.3 Å². The summed E-state index contributed by atoms with van der Waals surface area (Å²) in [6.07, 6.45) is 6.59. The lowest BCUT2D eigenvalue weighted by Gasteiger charge is -2.18. The lowest BCUT2D eigenvalue weighted by Crippen LogP contribution is -2.32. The maximum absolute atomic E-state index is 13.2. The van der Waals surface area contributed by atoms with Gasteiger partial charge in [-0.15, -0.1) is 11.3 Å². The predicted octanol–water partition coefficient (Wildman–Crippen LogP) is 4.41. The molecule has 1 aromatic carbocycles. The Morgan fingerprint density at radius 3 is 2.89 bits per heavy atom. The van der Waals surface area contributed by atoms with Gasteiger partial charge < -0.3 is 5.32 Å². The number of hydrogen-bond acceptors (Lipinski definition) is 4. The lowest BCUT2D eigenvalue weighted by molar-refractivity contribution is -0.118. The van der Waals surface area contributed by atoms with E-state index >= 15 is 0 Å². The van der Waals surface area contributed by atoms with E-state index in [0.717, 1.165) is 52.9 Å².